The minimum absolute atomic E-state index is 0.0616. The van der Waals surface area contributed by atoms with Gasteiger partial charge in [-0.05, 0) is 41.7 Å². The second-order valence-corrected chi connectivity index (χ2v) is 12.5. The van der Waals surface area contributed by atoms with Crippen molar-refractivity contribution in [1.82, 2.24) is 10.2 Å². The van der Waals surface area contributed by atoms with Crippen molar-refractivity contribution in [3.8, 4) is 0 Å². The largest absolute Gasteiger partial charge is 0.354 e. The molecule has 214 valence electrons. The van der Waals surface area contributed by atoms with Crippen LogP contribution in [0.15, 0.2) is 84.9 Å². The Labute approximate surface area is 243 Å². The second-order valence-electron chi connectivity index (χ2n) is 10.2. The number of sulfonamides is 1. The number of carbonyl (C=O) groups is 2. The molecule has 0 radical (unpaired) electrons. The van der Waals surface area contributed by atoms with Crippen LogP contribution < -0.4 is 9.62 Å². The predicted octanol–water partition coefficient (Wildman–Crippen LogP) is 5.30. The summed E-state index contributed by atoms with van der Waals surface area (Å²) in [6, 6.07) is 24.9. The predicted molar refractivity (Wildman–Crippen MR) is 162 cm³/mol. The molecular weight excluding hydrogens is 546 g/mol. The van der Waals surface area contributed by atoms with Crippen LogP contribution in [0.2, 0.25) is 5.02 Å². The summed E-state index contributed by atoms with van der Waals surface area (Å²) in [5, 5.41) is 3.51. The van der Waals surface area contributed by atoms with E-state index in [1.165, 1.54) is 4.31 Å². The van der Waals surface area contributed by atoms with Gasteiger partial charge in [0.2, 0.25) is 21.8 Å². The smallest absolute Gasteiger partial charge is 0.243 e. The molecule has 0 saturated carbocycles. The molecule has 1 atom stereocenters. The molecule has 0 saturated heterocycles. The van der Waals surface area contributed by atoms with Gasteiger partial charge in [-0.1, -0.05) is 92.2 Å². The number of rotatable bonds is 14. The maximum Gasteiger partial charge on any atom is 0.243 e. The third-order valence-electron chi connectivity index (χ3n) is 6.45. The molecule has 0 aromatic heterocycles. The van der Waals surface area contributed by atoms with Crippen LogP contribution in [0.4, 0.5) is 5.69 Å². The number of amides is 2. The van der Waals surface area contributed by atoms with Crippen LogP contribution in [0, 0.1) is 5.92 Å². The number of benzene rings is 3. The number of halogens is 1. The van der Waals surface area contributed by atoms with Crippen molar-refractivity contribution in [3.63, 3.8) is 0 Å². The average Bonchev–Trinajstić information content (AvgIpc) is 2.92. The Morgan fingerprint density at radius 3 is 2.10 bits per heavy atom. The van der Waals surface area contributed by atoms with Gasteiger partial charge in [0, 0.05) is 37.5 Å². The third-order valence-corrected chi connectivity index (χ3v) is 8.01. The Hall–Kier alpha value is -3.36. The molecule has 0 aliphatic rings. The maximum atomic E-state index is 13.8. The molecule has 3 rings (SSSR count). The minimum Gasteiger partial charge on any atom is -0.354 e. The molecular formula is C31H38ClN3O4S. The lowest BCUT2D eigenvalue weighted by atomic mass is 10.0. The number of carbonyl (C=O) groups excluding carboxylic acids is 2. The Kier molecular flexibility index (Phi) is 11.6. The number of nitrogens with zero attached hydrogens (tertiary/aromatic N) is 2. The summed E-state index contributed by atoms with van der Waals surface area (Å²) < 4.78 is 26.3. The van der Waals surface area contributed by atoms with Gasteiger partial charge >= 0.3 is 0 Å². The van der Waals surface area contributed by atoms with Crippen molar-refractivity contribution in [1.29, 1.82) is 0 Å². The van der Waals surface area contributed by atoms with Crippen LogP contribution in [0.3, 0.4) is 0 Å². The molecule has 3 aromatic carbocycles. The van der Waals surface area contributed by atoms with E-state index >= 15 is 0 Å². The third kappa shape index (κ3) is 9.38. The van der Waals surface area contributed by atoms with Gasteiger partial charge in [-0.15, -0.1) is 0 Å². The summed E-state index contributed by atoms with van der Waals surface area (Å²) in [6.07, 6.45) is 1.83. The van der Waals surface area contributed by atoms with Gasteiger partial charge in [-0.2, -0.15) is 0 Å². The highest BCUT2D eigenvalue weighted by molar-refractivity contribution is 7.92. The summed E-state index contributed by atoms with van der Waals surface area (Å²) in [4.78, 5) is 29.0. The van der Waals surface area contributed by atoms with Gasteiger partial charge in [-0.25, -0.2) is 8.42 Å². The van der Waals surface area contributed by atoms with E-state index < -0.39 is 16.1 Å². The van der Waals surface area contributed by atoms with E-state index in [9.17, 15) is 18.0 Å². The number of nitrogens with one attached hydrogen (secondary N) is 1. The highest BCUT2D eigenvalue weighted by Gasteiger charge is 2.31. The quantitative estimate of drug-likeness (QED) is 0.279. The Morgan fingerprint density at radius 1 is 0.900 bits per heavy atom. The molecule has 0 bridgehead atoms. The first kappa shape index (κ1) is 31.2. The number of hydrogen-bond acceptors (Lipinski definition) is 4. The minimum atomic E-state index is -3.55. The molecule has 0 spiro atoms. The van der Waals surface area contributed by atoms with E-state index in [1.807, 2.05) is 68.4 Å². The molecule has 40 heavy (non-hydrogen) atoms. The summed E-state index contributed by atoms with van der Waals surface area (Å²) in [5.74, 6) is -0.240. The van der Waals surface area contributed by atoms with Crippen LogP contribution in [0.5, 0.6) is 0 Å². The Balaban J connectivity index is 1.88. The topological polar surface area (TPSA) is 86.8 Å². The summed E-state index contributed by atoms with van der Waals surface area (Å²) in [6.45, 7) is 4.80. The fraction of sp³-hybridized carbons (Fsp3) is 0.355. The number of hydrogen-bond donors (Lipinski definition) is 1. The highest BCUT2D eigenvalue weighted by Crippen LogP contribution is 2.22. The summed E-state index contributed by atoms with van der Waals surface area (Å²) in [5.41, 5.74) is 2.20. The van der Waals surface area contributed by atoms with Crippen molar-refractivity contribution in [2.24, 2.45) is 5.92 Å². The maximum absolute atomic E-state index is 13.8. The zero-order chi connectivity index (χ0) is 29.1. The van der Waals surface area contributed by atoms with Gasteiger partial charge < -0.3 is 10.2 Å². The lowest BCUT2D eigenvalue weighted by Gasteiger charge is -2.32. The van der Waals surface area contributed by atoms with Crippen LogP contribution >= 0.6 is 11.6 Å². The molecule has 1 N–H and O–H groups in total. The summed E-state index contributed by atoms with van der Waals surface area (Å²) >= 11 is 6.47. The van der Waals surface area contributed by atoms with Gasteiger partial charge in [-0.3, -0.25) is 13.9 Å². The van der Waals surface area contributed by atoms with Gasteiger partial charge in [0.05, 0.1) is 11.9 Å². The molecule has 7 nitrogen and oxygen atoms in total. The monoisotopic (exact) mass is 583 g/mol. The average molecular weight is 584 g/mol. The normalized spacial score (nSPS) is 12.1. The van der Waals surface area contributed by atoms with Gasteiger partial charge in [0.1, 0.15) is 6.04 Å². The second kappa shape index (κ2) is 14.9. The molecule has 0 fully saturated rings. The van der Waals surface area contributed by atoms with Crippen LogP contribution in [0.25, 0.3) is 0 Å². The van der Waals surface area contributed by atoms with E-state index in [2.05, 4.69) is 5.32 Å². The van der Waals surface area contributed by atoms with Gasteiger partial charge in [0.15, 0.2) is 0 Å². The SMILES string of the molecule is CC(C)CNC(=O)[C@@H](Cc1ccccc1)N(Cc1ccccc1Cl)C(=O)CCCN(c1ccccc1)S(C)(=O)=O. The highest BCUT2D eigenvalue weighted by atomic mass is 35.5. The van der Waals surface area contributed by atoms with E-state index in [0.717, 1.165) is 17.4 Å². The number of anilines is 1. The first-order chi connectivity index (χ1) is 19.1. The molecule has 0 aliphatic carbocycles. The van der Waals surface area contributed by atoms with E-state index in [1.54, 1.807) is 35.2 Å². The van der Waals surface area contributed by atoms with E-state index in [-0.39, 0.29) is 43.7 Å². The van der Waals surface area contributed by atoms with Crippen LogP contribution in [0.1, 0.15) is 37.8 Å². The van der Waals surface area contributed by atoms with Crippen molar-refractivity contribution in [2.75, 3.05) is 23.7 Å². The lowest BCUT2D eigenvalue weighted by molar-refractivity contribution is -0.141. The first-order valence-corrected chi connectivity index (χ1v) is 15.7. The Bertz CT molecular complexity index is 1350. The van der Waals surface area contributed by atoms with Gasteiger partial charge in [0.25, 0.3) is 0 Å². The van der Waals surface area contributed by atoms with Crippen molar-refractivity contribution >= 4 is 39.1 Å². The van der Waals surface area contributed by atoms with Crippen LogP contribution in [-0.4, -0.2) is 50.5 Å². The molecule has 2 amide bonds. The van der Waals surface area contributed by atoms with Crippen molar-refractivity contribution in [3.05, 3.63) is 101 Å². The van der Waals surface area contributed by atoms with E-state index in [0.29, 0.717) is 23.7 Å². The molecule has 3 aromatic rings. The standard InChI is InChI=1S/C31H38ClN3O4S/c1-24(2)22-33-31(37)29(21-25-13-6-4-7-14-25)34(23-26-15-10-11-18-28(26)32)30(36)19-12-20-35(40(3,38)39)27-16-8-5-9-17-27/h4-11,13-18,24,29H,12,19-23H2,1-3H3,(H,33,37)/t29-/m1/s1. The zero-order valence-corrected chi connectivity index (χ0v) is 24.9. The molecule has 0 unspecified atom stereocenters. The molecule has 0 heterocycles. The fourth-order valence-electron chi connectivity index (χ4n) is 4.38. The summed E-state index contributed by atoms with van der Waals surface area (Å²) in [7, 11) is -3.55. The Morgan fingerprint density at radius 2 is 1.50 bits per heavy atom. The van der Waals surface area contributed by atoms with Crippen molar-refractivity contribution in [2.45, 2.75) is 45.7 Å². The van der Waals surface area contributed by atoms with Crippen LogP contribution in [-0.2, 0) is 32.6 Å². The fourth-order valence-corrected chi connectivity index (χ4v) is 5.55. The van der Waals surface area contributed by atoms with Crippen molar-refractivity contribution < 1.29 is 18.0 Å². The zero-order valence-electron chi connectivity index (χ0n) is 23.3. The van der Waals surface area contributed by atoms with E-state index in [4.69, 9.17) is 11.6 Å². The number of para-hydroxylation sites is 1. The molecule has 9 heteroatoms. The first-order valence-electron chi connectivity index (χ1n) is 13.4. The molecule has 0 aliphatic heterocycles. The lowest BCUT2D eigenvalue weighted by Crippen LogP contribution is -2.51.